The molecule has 0 aliphatic heterocycles. The van der Waals surface area contributed by atoms with Gasteiger partial charge in [0.05, 0.1) is 5.02 Å². The maximum atomic E-state index is 6.09. The van der Waals surface area contributed by atoms with Crippen LogP contribution in [0.3, 0.4) is 0 Å². The van der Waals surface area contributed by atoms with Crippen LogP contribution in [0.1, 0.15) is 0 Å². The average molecular weight is 326 g/mol. The van der Waals surface area contributed by atoms with Crippen molar-refractivity contribution in [1.82, 2.24) is 20.0 Å². The Kier molecular flexibility index (Phi) is 3.60. The average Bonchev–Trinajstić information content (AvgIpc) is 2.96. The third kappa shape index (κ3) is 2.77. The molecular weight excluding hydrogens is 317 g/mol. The zero-order valence-electron chi connectivity index (χ0n) is 10.3. The fraction of sp³-hybridized carbons (Fsp3) is 0.0833. The van der Waals surface area contributed by atoms with E-state index in [2.05, 4.69) is 20.6 Å². The Labute approximate surface area is 129 Å². The van der Waals surface area contributed by atoms with E-state index in [-0.39, 0.29) is 0 Å². The molecule has 3 rings (SSSR count). The predicted octanol–water partition coefficient (Wildman–Crippen LogP) is 3.99. The quantitative estimate of drug-likeness (QED) is 0.791. The first-order valence-electron chi connectivity index (χ1n) is 5.67. The van der Waals surface area contributed by atoms with Crippen LogP contribution in [-0.4, -0.2) is 20.0 Å². The molecule has 0 aliphatic carbocycles. The van der Waals surface area contributed by atoms with Crippen LogP contribution >= 0.6 is 34.5 Å². The van der Waals surface area contributed by atoms with Crippen LogP contribution in [0.15, 0.2) is 30.5 Å². The SMILES string of the molecule is Cn1cc(Cl)c(-c2nnc(Nc3cccc(Cl)c3)s2)n1. The molecule has 1 aromatic carbocycles. The number of hydrogen-bond acceptors (Lipinski definition) is 5. The van der Waals surface area contributed by atoms with Crippen molar-refractivity contribution in [3.8, 4) is 10.7 Å². The van der Waals surface area contributed by atoms with E-state index in [0.29, 0.717) is 25.9 Å². The third-order valence-corrected chi connectivity index (χ3v) is 3.84. The minimum absolute atomic E-state index is 0.554. The van der Waals surface area contributed by atoms with E-state index >= 15 is 0 Å². The summed E-state index contributed by atoms with van der Waals surface area (Å²) in [6, 6.07) is 7.39. The van der Waals surface area contributed by atoms with Gasteiger partial charge in [-0.3, -0.25) is 4.68 Å². The second kappa shape index (κ2) is 5.40. The predicted molar refractivity (Wildman–Crippen MR) is 81.9 cm³/mol. The fourth-order valence-corrected chi connectivity index (χ4v) is 2.94. The highest BCUT2D eigenvalue weighted by atomic mass is 35.5. The monoisotopic (exact) mass is 325 g/mol. The minimum atomic E-state index is 0.554. The summed E-state index contributed by atoms with van der Waals surface area (Å²) in [6.45, 7) is 0. The summed E-state index contributed by atoms with van der Waals surface area (Å²) in [4.78, 5) is 0. The van der Waals surface area contributed by atoms with Crippen LogP contribution in [0.4, 0.5) is 10.8 Å². The summed E-state index contributed by atoms with van der Waals surface area (Å²) in [5, 5.41) is 18.1. The molecule has 20 heavy (non-hydrogen) atoms. The topological polar surface area (TPSA) is 55.6 Å². The number of nitrogens with zero attached hydrogens (tertiary/aromatic N) is 4. The van der Waals surface area contributed by atoms with Crippen molar-refractivity contribution < 1.29 is 0 Å². The summed E-state index contributed by atoms with van der Waals surface area (Å²) in [5.41, 5.74) is 1.48. The molecule has 3 aromatic rings. The normalized spacial score (nSPS) is 10.8. The Hall–Kier alpha value is -1.63. The Morgan fingerprint density at radius 1 is 1.25 bits per heavy atom. The maximum absolute atomic E-state index is 6.09. The number of hydrogen-bond donors (Lipinski definition) is 1. The third-order valence-electron chi connectivity index (χ3n) is 2.49. The van der Waals surface area contributed by atoms with Crippen molar-refractivity contribution in [2.24, 2.45) is 7.05 Å². The summed E-state index contributed by atoms with van der Waals surface area (Å²) in [5.74, 6) is 0. The maximum Gasteiger partial charge on any atom is 0.210 e. The van der Waals surface area contributed by atoms with Gasteiger partial charge < -0.3 is 5.32 Å². The second-order valence-electron chi connectivity index (χ2n) is 4.05. The Balaban J connectivity index is 1.85. The van der Waals surface area contributed by atoms with Gasteiger partial charge in [0.1, 0.15) is 5.69 Å². The van der Waals surface area contributed by atoms with E-state index in [1.807, 2.05) is 31.3 Å². The molecule has 0 unspecified atom stereocenters. The molecular formula is C12H9Cl2N5S. The van der Waals surface area contributed by atoms with Crippen molar-refractivity contribution in [2.45, 2.75) is 0 Å². The molecule has 0 saturated heterocycles. The van der Waals surface area contributed by atoms with Gasteiger partial charge in [0.2, 0.25) is 5.13 Å². The number of halogens is 2. The molecule has 5 nitrogen and oxygen atoms in total. The highest BCUT2D eigenvalue weighted by Gasteiger charge is 2.14. The molecule has 0 fully saturated rings. The van der Waals surface area contributed by atoms with Gasteiger partial charge in [-0.25, -0.2) is 0 Å². The van der Waals surface area contributed by atoms with Crippen molar-refractivity contribution >= 4 is 45.4 Å². The molecule has 0 atom stereocenters. The standard InChI is InChI=1S/C12H9Cl2N5S/c1-19-6-9(14)10(18-19)11-16-17-12(20-11)15-8-4-2-3-7(13)5-8/h2-6H,1H3,(H,15,17). The Morgan fingerprint density at radius 2 is 2.10 bits per heavy atom. The first-order valence-corrected chi connectivity index (χ1v) is 7.24. The van der Waals surface area contributed by atoms with E-state index in [4.69, 9.17) is 23.2 Å². The summed E-state index contributed by atoms with van der Waals surface area (Å²) >= 11 is 13.4. The molecule has 0 bridgehead atoms. The summed E-state index contributed by atoms with van der Waals surface area (Å²) in [6.07, 6.45) is 1.72. The zero-order valence-corrected chi connectivity index (χ0v) is 12.7. The highest BCUT2D eigenvalue weighted by Crippen LogP contribution is 2.31. The van der Waals surface area contributed by atoms with Gasteiger partial charge in [0.25, 0.3) is 0 Å². The van der Waals surface area contributed by atoms with E-state index < -0.39 is 0 Å². The highest BCUT2D eigenvalue weighted by molar-refractivity contribution is 7.18. The van der Waals surface area contributed by atoms with Crippen molar-refractivity contribution in [2.75, 3.05) is 5.32 Å². The van der Waals surface area contributed by atoms with Crippen LogP contribution in [0.2, 0.25) is 10.0 Å². The Morgan fingerprint density at radius 3 is 2.80 bits per heavy atom. The number of anilines is 2. The van der Waals surface area contributed by atoms with Gasteiger partial charge in [0.15, 0.2) is 5.01 Å². The molecule has 2 heterocycles. The number of aryl methyl sites for hydroxylation is 1. The van der Waals surface area contributed by atoms with E-state index in [0.717, 1.165) is 5.69 Å². The Bertz CT molecular complexity index is 752. The lowest BCUT2D eigenvalue weighted by molar-refractivity contribution is 0.770. The summed E-state index contributed by atoms with van der Waals surface area (Å²) < 4.78 is 1.64. The second-order valence-corrected chi connectivity index (χ2v) is 5.87. The molecule has 0 spiro atoms. The van der Waals surface area contributed by atoms with Crippen molar-refractivity contribution in [3.05, 3.63) is 40.5 Å². The van der Waals surface area contributed by atoms with Gasteiger partial charge in [-0.2, -0.15) is 5.10 Å². The van der Waals surface area contributed by atoms with Gasteiger partial charge in [-0.15, -0.1) is 10.2 Å². The molecule has 0 amide bonds. The lowest BCUT2D eigenvalue weighted by Crippen LogP contribution is -1.88. The molecule has 0 aliphatic rings. The van der Waals surface area contributed by atoms with Gasteiger partial charge in [0, 0.05) is 24.0 Å². The zero-order chi connectivity index (χ0) is 14.1. The number of nitrogens with one attached hydrogen (secondary N) is 1. The van der Waals surface area contributed by atoms with Crippen LogP contribution in [0, 0.1) is 0 Å². The van der Waals surface area contributed by atoms with Gasteiger partial charge >= 0.3 is 0 Å². The first-order chi connectivity index (χ1) is 9.61. The van der Waals surface area contributed by atoms with Crippen molar-refractivity contribution in [3.63, 3.8) is 0 Å². The molecule has 8 heteroatoms. The van der Waals surface area contributed by atoms with Crippen molar-refractivity contribution in [1.29, 1.82) is 0 Å². The summed E-state index contributed by atoms with van der Waals surface area (Å²) in [7, 11) is 1.81. The lowest BCUT2D eigenvalue weighted by Gasteiger charge is -2.00. The largest absolute Gasteiger partial charge is 0.330 e. The number of rotatable bonds is 3. The van der Waals surface area contributed by atoms with E-state index in [1.54, 1.807) is 10.9 Å². The van der Waals surface area contributed by atoms with Crippen LogP contribution in [0.5, 0.6) is 0 Å². The lowest BCUT2D eigenvalue weighted by atomic mass is 10.3. The fourth-order valence-electron chi connectivity index (χ4n) is 1.66. The van der Waals surface area contributed by atoms with E-state index in [9.17, 15) is 0 Å². The molecule has 102 valence electrons. The molecule has 0 saturated carbocycles. The van der Waals surface area contributed by atoms with Crippen LogP contribution in [0.25, 0.3) is 10.7 Å². The van der Waals surface area contributed by atoms with Crippen LogP contribution < -0.4 is 5.32 Å². The molecule has 1 N–H and O–H groups in total. The molecule has 0 radical (unpaired) electrons. The van der Waals surface area contributed by atoms with Crippen LogP contribution in [-0.2, 0) is 7.05 Å². The van der Waals surface area contributed by atoms with Gasteiger partial charge in [-0.1, -0.05) is 40.6 Å². The van der Waals surface area contributed by atoms with Gasteiger partial charge in [-0.05, 0) is 18.2 Å². The first kappa shape index (κ1) is 13.4. The number of aromatic nitrogens is 4. The minimum Gasteiger partial charge on any atom is -0.330 e. The van der Waals surface area contributed by atoms with E-state index in [1.165, 1.54) is 11.3 Å². The molecule has 2 aromatic heterocycles. The number of benzene rings is 1. The smallest absolute Gasteiger partial charge is 0.210 e.